The van der Waals surface area contributed by atoms with Crippen LogP contribution in [0.1, 0.15) is 78.5 Å². The van der Waals surface area contributed by atoms with E-state index in [-0.39, 0.29) is 38.0 Å². The van der Waals surface area contributed by atoms with Gasteiger partial charge in [0.05, 0.1) is 11.4 Å². The number of hydrogen-bond donors (Lipinski definition) is 1. The van der Waals surface area contributed by atoms with Gasteiger partial charge in [0.15, 0.2) is 5.60 Å². The predicted molar refractivity (Wildman–Crippen MR) is 196 cm³/mol. The quantitative estimate of drug-likeness (QED) is 0.183. The van der Waals surface area contributed by atoms with Crippen LogP contribution in [0.2, 0.25) is 0 Å². The first kappa shape index (κ1) is 35.7. The first-order valence-corrected chi connectivity index (χ1v) is 16.0. The van der Waals surface area contributed by atoms with E-state index >= 15 is 0 Å². The van der Waals surface area contributed by atoms with Crippen molar-refractivity contribution in [2.75, 3.05) is 0 Å². The third-order valence-corrected chi connectivity index (χ3v) is 8.31. The summed E-state index contributed by atoms with van der Waals surface area (Å²) in [5.74, 6) is 0.544. The summed E-state index contributed by atoms with van der Waals surface area (Å²) in [6.07, 6.45) is 0. The minimum absolute atomic E-state index is 0. The van der Waals surface area contributed by atoms with Crippen molar-refractivity contribution >= 4 is 22.2 Å². The topological polar surface area (TPSA) is 32.6 Å². The summed E-state index contributed by atoms with van der Waals surface area (Å²) in [5, 5.41) is 15.1. The molecule has 0 amide bonds. The van der Waals surface area contributed by atoms with Crippen molar-refractivity contribution in [3.05, 3.63) is 198 Å². The number of aliphatic hydroxyl groups is 1. The van der Waals surface area contributed by atoms with Crippen molar-refractivity contribution in [1.29, 1.82) is 0 Å². The summed E-state index contributed by atoms with van der Waals surface area (Å²) >= 11 is 0. The van der Waals surface area contributed by atoms with Crippen LogP contribution in [0.25, 0.3) is 10.8 Å². The molecule has 1 N–H and O–H groups in total. The maximum atomic E-state index is 12.8. The molecule has 2 nitrogen and oxygen atoms in total. The summed E-state index contributed by atoms with van der Waals surface area (Å²) in [5.41, 5.74) is 7.65. The predicted octanol–water partition coefficient (Wildman–Crippen LogP) is 11.2. The van der Waals surface area contributed by atoms with Gasteiger partial charge in [-0.2, -0.15) is 49.2 Å². The molecule has 6 aromatic rings. The average molecular weight is 693 g/mol. The van der Waals surface area contributed by atoms with Crippen LogP contribution in [0.5, 0.6) is 0 Å². The summed E-state index contributed by atoms with van der Waals surface area (Å²) in [4.78, 5) is 5.10. The molecule has 6 aromatic carbocycles. The third kappa shape index (κ3) is 7.87. The minimum Gasteiger partial charge on any atom is -0.374 e. The van der Waals surface area contributed by atoms with Crippen LogP contribution >= 0.6 is 0 Å². The molecule has 1 aliphatic carbocycles. The van der Waals surface area contributed by atoms with E-state index in [4.69, 9.17) is 4.99 Å². The van der Waals surface area contributed by atoms with E-state index in [0.29, 0.717) is 5.71 Å². The fraction of sp³-hybridized carbons (Fsp3) is 0.159. The molecule has 0 heterocycles. The molecular formula is C44H43NOZr-2. The standard InChI is InChI=1S/C30H29NO.2C7H7.Zr/c1-19(2)23-15-10-16-24(20(3)4)28(23)30(32)26-18-9-12-21-11-8-17-25(27(21)26)29(30)31-22-13-6-5-7-14-22;2*1-7-5-3-2-4-6-7;/h5-20,32H,1-4H3;2*2-6H,1H2;/q;2*-1;. The number of rotatable bonds is 4. The Labute approximate surface area is 300 Å². The zero-order valence-electron chi connectivity index (χ0n) is 27.8. The molecule has 1 atom stereocenters. The molecule has 7 rings (SSSR count). The van der Waals surface area contributed by atoms with Gasteiger partial charge in [-0.05, 0) is 45.9 Å². The molecule has 236 valence electrons. The Kier molecular flexibility index (Phi) is 12.2. The summed E-state index contributed by atoms with van der Waals surface area (Å²) in [6.45, 7) is 16.2. The Morgan fingerprint density at radius 2 is 1.00 bits per heavy atom. The van der Waals surface area contributed by atoms with Gasteiger partial charge in [-0.3, -0.25) is 0 Å². The SMILES string of the molecule is CC(C)c1cccc(C(C)C)c1C1(O)C(=Nc2ccccc2)c2cccc3cccc1c23.[CH2-]c1ccccc1.[CH2-]c1ccccc1.[Zr]. The van der Waals surface area contributed by atoms with Crippen LogP contribution in [-0.2, 0) is 31.8 Å². The molecule has 0 saturated carbocycles. The van der Waals surface area contributed by atoms with E-state index in [0.717, 1.165) is 44.3 Å². The second-order valence-corrected chi connectivity index (χ2v) is 12.3. The molecule has 3 heteroatoms. The normalized spacial score (nSPS) is 15.4. The van der Waals surface area contributed by atoms with Crippen LogP contribution in [0, 0.1) is 13.8 Å². The van der Waals surface area contributed by atoms with Crippen LogP contribution in [-0.4, -0.2) is 10.8 Å². The zero-order chi connectivity index (χ0) is 32.7. The van der Waals surface area contributed by atoms with Gasteiger partial charge in [-0.25, -0.2) is 4.99 Å². The number of nitrogens with zero attached hydrogens (tertiary/aromatic N) is 1. The maximum absolute atomic E-state index is 12.8. The Hall–Kier alpha value is -4.17. The molecule has 0 saturated heterocycles. The molecular weight excluding hydrogens is 650 g/mol. The van der Waals surface area contributed by atoms with Gasteiger partial charge in [0.25, 0.3) is 0 Å². The van der Waals surface area contributed by atoms with E-state index in [1.54, 1.807) is 0 Å². The molecule has 0 radical (unpaired) electrons. The summed E-state index contributed by atoms with van der Waals surface area (Å²) < 4.78 is 0. The molecule has 0 aromatic heterocycles. The average Bonchev–Trinajstić information content (AvgIpc) is 3.31. The fourth-order valence-electron chi connectivity index (χ4n) is 6.11. The van der Waals surface area contributed by atoms with Crippen molar-refractivity contribution in [3.63, 3.8) is 0 Å². The van der Waals surface area contributed by atoms with Crippen molar-refractivity contribution in [2.24, 2.45) is 4.99 Å². The monoisotopic (exact) mass is 691 g/mol. The van der Waals surface area contributed by atoms with Crippen LogP contribution in [0.3, 0.4) is 0 Å². The molecule has 0 bridgehead atoms. The van der Waals surface area contributed by atoms with Gasteiger partial charge in [-0.1, -0.05) is 113 Å². The molecule has 47 heavy (non-hydrogen) atoms. The molecule has 1 unspecified atom stereocenters. The maximum Gasteiger partial charge on any atom is 0.159 e. The van der Waals surface area contributed by atoms with Gasteiger partial charge in [0, 0.05) is 42.9 Å². The summed E-state index contributed by atoms with van der Waals surface area (Å²) in [7, 11) is 0. The van der Waals surface area contributed by atoms with Gasteiger partial charge in [-0.15, -0.1) is 24.3 Å². The third-order valence-electron chi connectivity index (χ3n) is 8.31. The Morgan fingerprint density at radius 1 is 0.553 bits per heavy atom. The van der Waals surface area contributed by atoms with Crippen molar-refractivity contribution in [1.82, 2.24) is 0 Å². The Bertz CT molecular complexity index is 1840. The number of hydrogen-bond acceptors (Lipinski definition) is 2. The molecule has 1 aliphatic rings. The molecule has 0 aliphatic heterocycles. The van der Waals surface area contributed by atoms with E-state index in [2.05, 4.69) is 90.1 Å². The van der Waals surface area contributed by atoms with Crippen molar-refractivity contribution in [3.8, 4) is 0 Å². The zero-order valence-corrected chi connectivity index (χ0v) is 30.3. The first-order valence-electron chi connectivity index (χ1n) is 16.0. The minimum atomic E-state index is -1.32. The van der Waals surface area contributed by atoms with E-state index in [1.165, 1.54) is 11.1 Å². The van der Waals surface area contributed by atoms with Crippen LogP contribution in [0.15, 0.2) is 151 Å². The van der Waals surface area contributed by atoms with Crippen LogP contribution in [0.4, 0.5) is 5.69 Å². The van der Waals surface area contributed by atoms with Crippen molar-refractivity contribution < 1.29 is 31.3 Å². The fourth-order valence-corrected chi connectivity index (χ4v) is 6.11. The largest absolute Gasteiger partial charge is 0.374 e. The van der Waals surface area contributed by atoms with Gasteiger partial charge in [0.1, 0.15) is 0 Å². The van der Waals surface area contributed by atoms with E-state index in [1.807, 2.05) is 97.1 Å². The van der Waals surface area contributed by atoms with Gasteiger partial charge in [0.2, 0.25) is 0 Å². The Morgan fingerprint density at radius 3 is 1.45 bits per heavy atom. The van der Waals surface area contributed by atoms with Crippen LogP contribution < -0.4 is 0 Å². The van der Waals surface area contributed by atoms with Gasteiger partial charge < -0.3 is 5.11 Å². The Balaban J connectivity index is 0.000000275. The van der Waals surface area contributed by atoms with Gasteiger partial charge >= 0.3 is 0 Å². The van der Waals surface area contributed by atoms with E-state index in [9.17, 15) is 5.11 Å². The second-order valence-electron chi connectivity index (χ2n) is 12.3. The smallest absolute Gasteiger partial charge is 0.159 e. The number of para-hydroxylation sites is 1. The first-order chi connectivity index (χ1) is 22.2. The van der Waals surface area contributed by atoms with E-state index < -0.39 is 5.60 Å². The number of benzene rings is 6. The van der Waals surface area contributed by atoms with Crippen molar-refractivity contribution in [2.45, 2.75) is 45.1 Å². The number of aliphatic imine (C=N–C) groups is 1. The summed E-state index contributed by atoms with van der Waals surface area (Å²) in [6, 6.07) is 48.7. The molecule has 0 spiro atoms. The second kappa shape index (κ2) is 16.1. The molecule has 0 fully saturated rings.